The molecule has 5 rings (SSSR count). The van der Waals surface area contributed by atoms with Gasteiger partial charge in [0.1, 0.15) is 18.7 Å². The Balaban J connectivity index is 1.51. The average Bonchev–Trinajstić information content (AvgIpc) is 3.60. The van der Waals surface area contributed by atoms with Crippen LogP contribution in [-0.4, -0.2) is 59.6 Å². The molecule has 1 saturated heterocycles. The van der Waals surface area contributed by atoms with Crippen LogP contribution >= 0.6 is 0 Å². The molecule has 1 aromatic carbocycles. The van der Waals surface area contributed by atoms with Gasteiger partial charge < -0.3 is 9.47 Å². The first-order valence-electron chi connectivity index (χ1n) is 10.6. The molecule has 1 aliphatic rings. The molecule has 1 atom stereocenters. The third-order valence-corrected chi connectivity index (χ3v) is 5.54. The van der Waals surface area contributed by atoms with Gasteiger partial charge in [0.25, 0.3) is 0 Å². The predicted molar refractivity (Wildman–Crippen MR) is 118 cm³/mol. The van der Waals surface area contributed by atoms with Gasteiger partial charge in [0.05, 0.1) is 36.1 Å². The van der Waals surface area contributed by atoms with Crippen LogP contribution in [0.25, 0.3) is 10.9 Å². The van der Waals surface area contributed by atoms with E-state index >= 15 is 8.78 Å². The Hall–Kier alpha value is -3.84. The van der Waals surface area contributed by atoms with E-state index in [1.807, 2.05) is 0 Å². The zero-order valence-electron chi connectivity index (χ0n) is 18.9. The fourth-order valence-corrected chi connectivity index (χ4v) is 3.81. The summed E-state index contributed by atoms with van der Waals surface area (Å²) in [5.74, 6) is -5.69. The van der Waals surface area contributed by atoms with Gasteiger partial charge >= 0.3 is 5.92 Å². The maximum Gasteiger partial charge on any atom is 0.336 e. The standard InChI is InChI=1S/C22H21F3N8O2/c1-4-19(15-7-26-32(9-15)10-16-11-34-12-35-16)30-33-13(2)27-28-21(33)22(24,25)17-5-14-8-31(3)29-20(14)6-18(17)23/h4-9,16H,1,10-12H2,2-3H3/b30-19+. The van der Waals surface area contributed by atoms with Crippen LogP contribution in [0.1, 0.15) is 22.8 Å². The second-order valence-electron chi connectivity index (χ2n) is 8.07. The zero-order valence-corrected chi connectivity index (χ0v) is 18.9. The number of rotatable bonds is 7. The van der Waals surface area contributed by atoms with Gasteiger partial charge in [-0.1, -0.05) is 6.58 Å². The van der Waals surface area contributed by atoms with E-state index in [0.717, 1.165) is 16.8 Å². The molecule has 35 heavy (non-hydrogen) atoms. The fourth-order valence-electron chi connectivity index (χ4n) is 3.81. The number of halogens is 3. The summed E-state index contributed by atoms with van der Waals surface area (Å²) in [6.07, 6.45) is 6.02. The molecule has 0 aliphatic carbocycles. The Morgan fingerprint density at radius 2 is 2.14 bits per heavy atom. The van der Waals surface area contributed by atoms with Crippen LogP contribution in [-0.2, 0) is 29.0 Å². The van der Waals surface area contributed by atoms with Crippen LogP contribution in [0.4, 0.5) is 13.2 Å². The van der Waals surface area contributed by atoms with E-state index in [2.05, 4.69) is 32.1 Å². The predicted octanol–water partition coefficient (Wildman–Crippen LogP) is 2.76. The van der Waals surface area contributed by atoms with Crippen LogP contribution in [0, 0.1) is 12.7 Å². The van der Waals surface area contributed by atoms with Gasteiger partial charge in [-0.05, 0) is 19.1 Å². The molecular formula is C22H21F3N8O2. The van der Waals surface area contributed by atoms with E-state index in [1.165, 1.54) is 30.1 Å². The highest BCUT2D eigenvalue weighted by Crippen LogP contribution is 2.38. The van der Waals surface area contributed by atoms with Crippen molar-refractivity contribution in [3.63, 3.8) is 0 Å². The first-order valence-corrected chi connectivity index (χ1v) is 10.6. The molecule has 182 valence electrons. The lowest BCUT2D eigenvalue weighted by molar-refractivity contribution is 0.0256. The number of nitrogens with zero attached hydrogens (tertiary/aromatic N) is 8. The second-order valence-corrected chi connectivity index (χ2v) is 8.07. The van der Waals surface area contributed by atoms with Crippen molar-refractivity contribution >= 4 is 16.6 Å². The normalized spacial score (nSPS) is 16.9. The number of benzene rings is 1. The monoisotopic (exact) mass is 486 g/mol. The summed E-state index contributed by atoms with van der Waals surface area (Å²) in [7, 11) is 1.62. The molecular weight excluding hydrogens is 465 g/mol. The van der Waals surface area contributed by atoms with Crippen molar-refractivity contribution in [2.24, 2.45) is 12.1 Å². The Labute approximate surface area is 197 Å². The first-order chi connectivity index (χ1) is 16.8. The van der Waals surface area contributed by atoms with Crippen molar-refractivity contribution in [2.75, 3.05) is 13.4 Å². The number of fused-ring (bicyclic) bond motifs is 1. The molecule has 1 aliphatic heterocycles. The minimum Gasteiger partial charge on any atom is -0.353 e. The molecule has 0 saturated carbocycles. The van der Waals surface area contributed by atoms with Crippen LogP contribution < -0.4 is 0 Å². The van der Waals surface area contributed by atoms with Gasteiger partial charge in [-0.3, -0.25) is 9.36 Å². The van der Waals surface area contributed by atoms with Gasteiger partial charge in [0, 0.05) is 36.5 Å². The number of aromatic nitrogens is 7. The highest BCUT2D eigenvalue weighted by atomic mass is 19.3. The van der Waals surface area contributed by atoms with Gasteiger partial charge in [0.2, 0.25) is 5.82 Å². The number of hydrogen-bond donors (Lipinski definition) is 0. The van der Waals surface area contributed by atoms with E-state index in [4.69, 9.17) is 9.47 Å². The SMILES string of the molecule is C=C/C(=N\n1c(C)nnc1C(F)(F)c1cc2cn(C)nc2cc1F)c1cnn(CC2COCO2)c1. The quantitative estimate of drug-likeness (QED) is 0.373. The molecule has 4 heterocycles. The van der Waals surface area contributed by atoms with Crippen molar-refractivity contribution in [3.05, 3.63) is 72.0 Å². The number of hydrogen-bond acceptors (Lipinski definition) is 7. The number of alkyl halides is 2. The van der Waals surface area contributed by atoms with E-state index in [-0.39, 0.29) is 29.9 Å². The Bertz CT molecular complexity index is 1430. The summed E-state index contributed by atoms with van der Waals surface area (Å²) >= 11 is 0. The molecule has 0 spiro atoms. The van der Waals surface area contributed by atoms with Crippen LogP contribution in [0.3, 0.4) is 0 Å². The zero-order chi connectivity index (χ0) is 24.7. The lowest BCUT2D eigenvalue weighted by atomic mass is 10.0. The van der Waals surface area contributed by atoms with E-state index in [1.54, 1.807) is 17.9 Å². The molecule has 3 aromatic heterocycles. The molecule has 10 nitrogen and oxygen atoms in total. The van der Waals surface area contributed by atoms with Crippen molar-refractivity contribution in [1.29, 1.82) is 0 Å². The largest absolute Gasteiger partial charge is 0.353 e. The highest BCUT2D eigenvalue weighted by molar-refractivity contribution is 6.08. The Morgan fingerprint density at radius 3 is 2.89 bits per heavy atom. The summed E-state index contributed by atoms with van der Waals surface area (Å²) in [5.41, 5.74) is 0.196. The van der Waals surface area contributed by atoms with Crippen molar-refractivity contribution in [3.8, 4) is 0 Å². The first kappa shape index (κ1) is 22.9. The number of ether oxygens (including phenoxy) is 2. The van der Waals surface area contributed by atoms with Crippen molar-refractivity contribution in [2.45, 2.75) is 25.5 Å². The van der Waals surface area contributed by atoms with Gasteiger partial charge in [-0.2, -0.15) is 28.8 Å². The van der Waals surface area contributed by atoms with Crippen molar-refractivity contribution in [1.82, 2.24) is 34.4 Å². The third-order valence-electron chi connectivity index (χ3n) is 5.54. The van der Waals surface area contributed by atoms with Crippen LogP contribution in [0.2, 0.25) is 0 Å². The van der Waals surface area contributed by atoms with E-state index in [9.17, 15) is 4.39 Å². The smallest absolute Gasteiger partial charge is 0.336 e. The third kappa shape index (κ3) is 4.23. The van der Waals surface area contributed by atoms with E-state index < -0.39 is 23.1 Å². The van der Waals surface area contributed by atoms with Crippen molar-refractivity contribution < 1.29 is 22.6 Å². The Morgan fingerprint density at radius 1 is 1.31 bits per heavy atom. The van der Waals surface area contributed by atoms with Crippen LogP contribution in [0.5, 0.6) is 0 Å². The average molecular weight is 486 g/mol. The Kier molecular flexibility index (Phi) is 5.73. The van der Waals surface area contributed by atoms with Gasteiger partial charge in [0.15, 0.2) is 5.82 Å². The molecule has 0 radical (unpaired) electrons. The minimum absolute atomic E-state index is 0.0887. The number of allylic oxidation sites excluding steroid dienone is 1. The molecule has 0 N–H and O–H groups in total. The molecule has 4 aromatic rings. The summed E-state index contributed by atoms with van der Waals surface area (Å²) in [5, 5.41) is 20.4. The molecule has 1 unspecified atom stereocenters. The molecule has 0 amide bonds. The lowest BCUT2D eigenvalue weighted by Crippen LogP contribution is -2.23. The summed E-state index contributed by atoms with van der Waals surface area (Å²) < 4.78 is 60.5. The second kappa shape index (κ2) is 8.74. The molecule has 13 heteroatoms. The highest BCUT2D eigenvalue weighted by Gasteiger charge is 2.43. The van der Waals surface area contributed by atoms with E-state index in [0.29, 0.717) is 24.1 Å². The lowest BCUT2D eigenvalue weighted by Gasteiger charge is -2.17. The molecule has 0 bridgehead atoms. The van der Waals surface area contributed by atoms with Crippen LogP contribution in [0.15, 0.2) is 48.5 Å². The summed E-state index contributed by atoms with van der Waals surface area (Å²) in [6, 6.07) is 2.03. The fraction of sp³-hybridized carbons (Fsp3) is 0.318. The maximum absolute atomic E-state index is 15.6. The maximum atomic E-state index is 15.6. The van der Waals surface area contributed by atoms with Gasteiger partial charge in [-0.25, -0.2) is 4.39 Å². The summed E-state index contributed by atoms with van der Waals surface area (Å²) in [4.78, 5) is 0. The van der Waals surface area contributed by atoms with Gasteiger partial charge in [-0.15, -0.1) is 10.2 Å². The topological polar surface area (TPSA) is 97.2 Å². The minimum atomic E-state index is -3.84. The molecule has 1 fully saturated rings. The number of aryl methyl sites for hydroxylation is 2. The summed E-state index contributed by atoms with van der Waals surface area (Å²) in [6.45, 7) is 6.35.